The first-order valence-electron chi connectivity index (χ1n) is 5.44. The number of nitrogens with two attached hydrogens (primary N) is 1. The van der Waals surface area contributed by atoms with Crippen LogP contribution in [0.3, 0.4) is 0 Å². The lowest BCUT2D eigenvalue weighted by Gasteiger charge is -1.98. The largest absolute Gasteiger partial charge is 0.330 e. The molecule has 3 rings (SSSR count). The van der Waals surface area contributed by atoms with E-state index in [1.54, 1.807) is 17.7 Å². The van der Waals surface area contributed by atoms with Crippen molar-refractivity contribution in [2.24, 2.45) is 5.73 Å². The fourth-order valence-corrected chi connectivity index (χ4v) is 2.57. The summed E-state index contributed by atoms with van der Waals surface area (Å²) in [5.41, 5.74) is 8.59. The summed E-state index contributed by atoms with van der Waals surface area (Å²) in [6.07, 6.45) is 6.43. The second-order valence-electron chi connectivity index (χ2n) is 3.79. The Morgan fingerprint density at radius 2 is 2.35 bits per heavy atom. The third-order valence-corrected chi connectivity index (χ3v) is 3.51. The van der Waals surface area contributed by atoms with Crippen molar-refractivity contribution in [1.29, 1.82) is 0 Å². The van der Waals surface area contributed by atoms with Crippen molar-refractivity contribution in [2.45, 2.75) is 6.42 Å². The lowest BCUT2D eigenvalue weighted by atomic mass is 10.3. The average Bonchev–Trinajstić information content (AvgIpc) is 2.97. The van der Waals surface area contributed by atoms with Crippen LogP contribution < -0.4 is 5.73 Å². The molecule has 3 aromatic rings. The maximum atomic E-state index is 5.55. The third-order valence-electron chi connectivity index (χ3n) is 2.60. The molecule has 0 spiro atoms. The smallest absolute Gasteiger partial charge is 0.148 e. The van der Waals surface area contributed by atoms with Gasteiger partial charge in [-0.1, -0.05) is 6.07 Å². The van der Waals surface area contributed by atoms with E-state index in [0.29, 0.717) is 6.54 Å². The van der Waals surface area contributed by atoms with Crippen LogP contribution in [0, 0.1) is 0 Å². The van der Waals surface area contributed by atoms with Crippen LogP contribution in [-0.2, 0) is 6.42 Å². The second kappa shape index (κ2) is 4.27. The van der Waals surface area contributed by atoms with Crippen LogP contribution in [0.4, 0.5) is 0 Å². The van der Waals surface area contributed by atoms with Crippen molar-refractivity contribution in [3.8, 4) is 10.4 Å². The van der Waals surface area contributed by atoms with Gasteiger partial charge in [-0.15, -0.1) is 11.3 Å². The van der Waals surface area contributed by atoms with Gasteiger partial charge in [0.25, 0.3) is 0 Å². The lowest BCUT2D eigenvalue weighted by molar-refractivity contribution is 0.936. The zero-order valence-corrected chi connectivity index (χ0v) is 10.0. The summed E-state index contributed by atoms with van der Waals surface area (Å²) in [4.78, 5) is 10.0. The molecule has 3 heterocycles. The number of thiophene rings is 1. The SMILES string of the molecule is NCCc1cn2cncc(-c3cccs3)c2n1. The minimum atomic E-state index is 0.617. The predicted octanol–water partition coefficient (Wildman–Crippen LogP) is 1.96. The van der Waals surface area contributed by atoms with Gasteiger partial charge in [0.2, 0.25) is 0 Å². The summed E-state index contributed by atoms with van der Waals surface area (Å²) < 4.78 is 1.96. The van der Waals surface area contributed by atoms with E-state index in [4.69, 9.17) is 5.73 Å². The Balaban J connectivity index is 2.18. The Kier molecular flexibility index (Phi) is 2.62. The molecule has 5 heteroatoms. The summed E-state index contributed by atoms with van der Waals surface area (Å²) >= 11 is 1.70. The maximum absolute atomic E-state index is 5.55. The maximum Gasteiger partial charge on any atom is 0.148 e. The van der Waals surface area contributed by atoms with Crippen LogP contribution in [-0.4, -0.2) is 20.9 Å². The van der Waals surface area contributed by atoms with Crippen LogP contribution in [0.1, 0.15) is 5.69 Å². The van der Waals surface area contributed by atoms with Gasteiger partial charge in [0.1, 0.15) is 12.0 Å². The van der Waals surface area contributed by atoms with Gasteiger partial charge >= 0.3 is 0 Å². The Hall–Kier alpha value is -1.72. The van der Waals surface area contributed by atoms with Crippen molar-refractivity contribution in [3.63, 3.8) is 0 Å². The molecule has 0 atom stereocenters. The van der Waals surface area contributed by atoms with E-state index >= 15 is 0 Å². The first kappa shape index (κ1) is 10.4. The van der Waals surface area contributed by atoms with Gasteiger partial charge in [-0.3, -0.25) is 4.40 Å². The Morgan fingerprint density at radius 3 is 3.12 bits per heavy atom. The predicted molar refractivity (Wildman–Crippen MR) is 69.1 cm³/mol. The van der Waals surface area contributed by atoms with Crippen molar-refractivity contribution < 1.29 is 0 Å². The highest BCUT2D eigenvalue weighted by Crippen LogP contribution is 2.27. The highest BCUT2D eigenvalue weighted by atomic mass is 32.1. The van der Waals surface area contributed by atoms with E-state index in [0.717, 1.165) is 23.3 Å². The highest BCUT2D eigenvalue weighted by Gasteiger charge is 2.08. The number of imidazole rings is 1. The number of hydrogen-bond donors (Lipinski definition) is 1. The van der Waals surface area contributed by atoms with Gasteiger partial charge in [-0.2, -0.15) is 0 Å². The standard InChI is InChI=1S/C12H12N4S/c13-4-3-9-7-16-8-14-6-10(12(16)15-9)11-2-1-5-17-11/h1-2,5-8H,3-4,13H2. The van der Waals surface area contributed by atoms with Crippen LogP contribution in [0.15, 0.2) is 36.2 Å². The Labute approximate surface area is 103 Å². The number of fused-ring (bicyclic) bond motifs is 1. The van der Waals surface area contributed by atoms with E-state index in [2.05, 4.69) is 21.4 Å². The Morgan fingerprint density at radius 1 is 1.41 bits per heavy atom. The molecule has 0 aliphatic heterocycles. The fraction of sp³-hybridized carbons (Fsp3) is 0.167. The number of aromatic nitrogens is 3. The van der Waals surface area contributed by atoms with E-state index in [1.165, 1.54) is 4.88 Å². The minimum Gasteiger partial charge on any atom is -0.330 e. The normalized spacial score (nSPS) is 11.1. The molecule has 86 valence electrons. The number of nitrogens with zero attached hydrogens (tertiary/aromatic N) is 3. The molecule has 0 aromatic carbocycles. The topological polar surface area (TPSA) is 56.2 Å². The molecule has 0 saturated carbocycles. The highest BCUT2D eigenvalue weighted by molar-refractivity contribution is 7.13. The van der Waals surface area contributed by atoms with E-state index in [9.17, 15) is 0 Å². The van der Waals surface area contributed by atoms with E-state index < -0.39 is 0 Å². The van der Waals surface area contributed by atoms with Crippen LogP contribution in [0.2, 0.25) is 0 Å². The van der Waals surface area contributed by atoms with Crippen LogP contribution >= 0.6 is 11.3 Å². The summed E-state index contributed by atoms with van der Waals surface area (Å²) in [7, 11) is 0. The van der Waals surface area contributed by atoms with Crippen molar-refractivity contribution in [3.05, 3.63) is 41.9 Å². The van der Waals surface area contributed by atoms with Crippen LogP contribution in [0.5, 0.6) is 0 Å². The molecular weight excluding hydrogens is 232 g/mol. The van der Waals surface area contributed by atoms with Crippen molar-refractivity contribution >= 4 is 17.0 Å². The van der Waals surface area contributed by atoms with Crippen molar-refractivity contribution in [1.82, 2.24) is 14.4 Å². The summed E-state index contributed by atoms with van der Waals surface area (Å²) in [6, 6.07) is 4.12. The molecule has 0 aliphatic rings. The molecule has 4 nitrogen and oxygen atoms in total. The van der Waals surface area contributed by atoms with Gasteiger partial charge < -0.3 is 5.73 Å². The molecule has 0 radical (unpaired) electrons. The molecule has 0 aliphatic carbocycles. The molecule has 0 amide bonds. The molecular formula is C12H12N4S. The molecule has 0 unspecified atom stereocenters. The van der Waals surface area contributed by atoms with Gasteiger partial charge in [-0.05, 0) is 18.0 Å². The summed E-state index contributed by atoms with van der Waals surface area (Å²) in [6.45, 7) is 0.617. The lowest BCUT2D eigenvalue weighted by Crippen LogP contribution is -2.02. The molecule has 2 N–H and O–H groups in total. The van der Waals surface area contributed by atoms with Gasteiger partial charge in [0, 0.05) is 23.7 Å². The molecule has 0 bridgehead atoms. The van der Waals surface area contributed by atoms with Crippen LogP contribution in [0.25, 0.3) is 16.1 Å². The minimum absolute atomic E-state index is 0.617. The van der Waals surface area contributed by atoms with Gasteiger partial charge in [0.05, 0.1) is 11.3 Å². The molecule has 0 fully saturated rings. The quantitative estimate of drug-likeness (QED) is 0.766. The first-order chi connectivity index (χ1) is 8.38. The molecule has 0 saturated heterocycles. The van der Waals surface area contributed by atoms with Crippen molar-refractivity contribution in [2.75, 3.05) is 6.54 Å². The second-order valence-corrected chi connectivity index (χ2v) is 4.73. The summed E-state index contributed by atoms with van der Waals surface area (Å²) in [5, 5.41) is 2.06. The van der Waals surface area contributed by atoms with E-state index in [-0.39, 0.29) is 0 Å². The van der Waals surface area contributed by atoms with E-state index in [1.807, 2.05) is 22.9 Å². The first-order valence-corrected chi connectivity index (χ1v) is 6.32. The average molecular weight is 244 g/mol. The zero-order chi connectivity index (χ0) is 11.7. The number of hydrogen-bond acceptors (Lipinski definition) is 4. The molecule has 3 aromatic heterocycles. The zero-order valence-electron chi connectivity index (χ0n) is 9.21. The fourth-order valence-electron chi connectivity index (χ4n) is 1.84. The van der Waals surface area contributed by atoms with Gasteiger partial charge in [0.15, 0.2) is 0 Å². The Bertz CT molecular complexity index is 627. The molecule has 17 heavy (non-hydrogen) atoms. The number of rotatable bonds is 3. The summed E-state index contributed by atoms with van der Waals surface area (Å²) in [5.74, 6) is 0. The van der Waals surface area contributed by atoms with Gasteiger partial charge in [-0.25, -0.2) is 9.97 Å². The third kappa shape index (κ3) is 1.83. The monoisotopic (exact) mass is 244 g/mol.